The zero-order valence-corrected chi connectivity index (χ0v) is 24.1. The molecule has 1 aliphatic heterocycles. The summed E-state index contributed by atoms with van der Waals surface area (Å²) < 4.78 is 15.9. The smallest absolute Gasteiger partial charge is 0.377 e. The Morgan fingerprint density at radius 2 is 1.36 bits per heavy atom. The predicted molar refractivity (Wildman–Crippen MR) is 156 cm³/mol. The number of hydrogen-bond donors (Lipinski definition) is 4. The van der Waals surface area contributed by atoms with E-state index in [1.807, 2.05) is 48.5 Å². The van der Waals surface area contributed by atoms with Gasteiger partial charge in [0, 0.05) is 12.0 Å². The van der Waals surface area contributed by atoms with E-state index in [4.69, 9.17) is 19.9 Å². The Hall–Kier alpha value is -5.27. The van der Waals surface area contributed by atoms with Gasteiger partial charge in [0.15, 0.2) is 12.2 Å². The lowest BCUT2D eigenvalue weighted by molar-refractivity contribution is -0.220. The molecule has 4 rings (SSSR count). The minimum absolute atomic E-state index is 0.433. The molecule has 0 bridgehead atoms. The number of amides is 2. The lowest BCUT2D eigenvalue weighted by atomic mass is 9.85. The molecule has 45 heavy (non-hydrogen) atoms. The second-order valence-electron chi connectivity index (χ2n) is 10.4. The van der Waals surface area contributed by atoms with Crippen LogP contribution in [0.5, 0.6) is 11.5 Å². The topological polar surface area (TPSA) is 203 Å². The summed E-state index contributed by atoms with van der Waals surface area (Å²) in [6, 6.07) is 24.8. The van der Waals surface area contributed by atoms with Crippen molar-refractivity contribution in [3.8, 4) is 11.5 Å². The fourth-order valence-corrected chi connectivity index (χ4v) is 5.20. The van der Waals surface area contributed by atoms with Gasteiger partial charge in [-0.05, 0) is 55.2 Å². The number of hydrogen-bond acceptors (Lipinski definition) is 8. The first-order valence-corrected chi connectivity index (χ1v) is 13.9. The molecule has 5 N–H and O–H groups in total. The van der Waals surface area contributed by atoms with Crippen molar-refractivity contribution in [2.45, 2.75) is 49.7 Å². The molecule has 3 aromatic carbocycles. The SMILES string of the molecule is CC(C(CCc1ccccc1)c1ccc(Oc2ccccc2)cc1)N(CC(=O)O)C(=O)C1OC(C(=O)O)(C(=O)O)OC1C(N)=O. The van der Waals surface area contributed by atoms with Crippen LogP contribution >= 0.6 is 0 Å². The van der Waals surface area contributed by atoms with Crippen molar-refractivity contribution in [3.63, 3.8) is 0 Å². The van der Waals surface area contributed by atoms with Crippen molar-refractivity contribution in [1.82, 2.24) is 4.90 Å². The summed E-state index contributed by atoms with van der Waals surface area (Å²) in [7, 11) is 0. The zero-order chi connectivity index (χ0) is 32.7. The molecule has 1 heterocycles. The van der Waals surface area contributed by atoms with Gasteiger partial charge in [0.1, 0.15) is 18.0 Å². The van der Waals surface area contributed by atoms with E-state index in [9.17, 15) is 39.3 Å². The molecule has 0 aromatic heterocycles. The number of para-hydroxylation sites is 1. The average molecular weight is 621 g/mol. The summed E-state index contributed by atoms with van der Waals surface area (Å²) in [6.07, 6.45) is -3.29. The summed E-state index contributed by atoms with van der Waals surface area (Å²) in [5.41, 5.74) is 7.04. The van der Waals surface area contributed by atoms with E-state index in [0.717, 1.165) is 16.0 Å². The van der Waals surface area contributed by atoms with Crippen molar-refractivity contribution in [2.24, 2.45) is 5.73 Å². The number of aliphatic carboxylic acids is 3. The Morgan fingerprint density at radius 1 is 0.822 bits per heavy atom. The van der Waals surface area contributed by atoms with Gasteiger partial charge in [-0.3, -0.25) is 14.4 Å². The summed E-state index contributed by atoms with van der Waals surface area (Å²) >= 11 is 0. The van der Waals surface area contributed by atoms with Gasteiger partial charge in [0.25, 0.3) is 5.91 Å². The first kappa shape index (κ1) is 32.6. The number of carboxylic acids is 3. The van der Waals surface area contributed by atoms with Gasteiger partial charge in [-0.1, -0.05) is 60.7 Å². The Bertz CT molecular complexity index is 1520. The standard InChI is InChI=1S/C32H32N2O11/c1-19(34(18-25(35)36)29(38)27-26(28(33)37)44-32(45-27,30(39)40)31(41)42)24(17-12-20-8-4-2-5-9-20)21-13-15-23(16-14-21)43-22-10-6-3-7-11-22/h2-11,13-16,19,24,26-27H,12,17-18H2,1H3,(H2,33,37)(H,35,36)(H,39,40)(H,41,42). The third-order valence-corrected chi connectivity index (χ3v) is 7.48. The minimum Gasteiger partial charge on any atom is -0.480 e. The molecule has 3 aromatic rings. The second-order valence-corrected chi connectivity index (χ2v) is 10.4. The van der Waals surface area contributed by atoms with Gasteiger partial charge in [0.05, 0.1) is 0 Å². The van der Waals surface area contributed by atoms with Gasteiger partial charge in [-0.15, -0.1) is 0 Å². The first-order valence-electron chi connectivity index (χ1n) is 13.9. The molecule has 0 radical (unpaired) electrons. The van der Waals surface area contributed by atoms with Crippen LogP contribution in [0.15, 0.2) is 84.9 Å². The third kappa shape index (κ3) is 7.45. The minimum atomic E-state index is -3.40. The van der Waals surface area contributed by atoms with Gasteiger partial charge in [-0.25, -0.2) is 9.59 Å². The van der Waals surface area contributed by atoms with E-state index in [0.29, 0.717) is 24.3 Å². The number of nitrogens with two attached hydrogens (primary N) is 1. The van der Waals surface area contributed by atoms with Crippen LogP contribution in [0.3, 0.4) is 0 Å². The van der Waals surface area contributed by atoms with E-state index in [1.165, 1.54) is 0 Å². The largest absolute Gasteiger partial charge is 0.480 e. The number of primary amides is 1. The summed E-state index contributed by atoms with van der Waals surface area (Å²) in [6.45, 7) is 0.719. The molecule has 1 fully saturated rings. The first-order chi connectivity index (χ1) is 21.4. The summed E-state index contributed by atoms with van der Waals surface area (Å²) in [5, 5.41) is 28.8. The molecule has 13 heteroatoms. The second kappa shape index (κ2) is 14.0. The highest BCUT2D eigenvalue weighted by atomic mass is 16.8. The van der Waals surface area contributed by atoms with E-state index < -0.39 is 66.2 Å². The van der Waals surface area contributed by atoms with Gasteiger partial charge >= 0.3 is 23.7 Å². The highest BCUT2D eigenvalue weighted by Gasteiger charge is 2.64. The van der Waals surface area contributed by atoms with Crippen molar-refractivity contribution in [2.75, 3.05) is 6.54 Å². The van der Waals surface area contributed by atoms with E-state index >= 15 is 0 Å². The van der Waals surface area contributed by atoms with Crippen molar-refractivity contribution < 1.29 is 53.5 Å². The lowest BCUT2D eigenvalue weighted by Gasteiger charge is -2.36. The van der Waals surface area contributed by atoms with Crippen LogP contribution in [0.1, 0.15) is 30.4 Å². The quantitative estimate of drug-likeness (QED) is 0.193. The summed E-state index contributed by atoms with van der Waals surface area (Å²) in [5.74, 6) is -11.0. The number of carbonyl (C=O) groups excluding carboxylic acids is 2. The number of benzene rings is 3. The number of nitrogens with zero attached hydrogens (tertiary/aromatic N) is 1. The molecule has 1 aliphatic rings. The van der Waals surface area contributed by atoms with Crippen LogP contribution in [0.25, 0.3) is 0 Å². The van der Waals surface area contributed by atoms with Crippen molar-refractivity contribution in [3.05, 3.63) is 96.1 Å². The van der Waals surface area contributed by atoms with E-state index in [1.54, 1.807) is 43.3 Å². The maximum Gasteiger partial charge on any atom is 0.377 e. The maximum absolute atomic E-state index is 13.9. The van der Waals surface area contributed by atoms with Crippen molar-refractivity contribution in [1.29, 1.82) is 0 Å². The van der Waals surface area contributed by atoms with Gasteiger partial charge in [0.2, 0.25) is 5.91 Å². The van der Waals surface area contributed by atoms with Gasteiger partial charge < -0.3 is 40.2 Å². The highest BCUT2D eigenvalue weighted by molar-refractivity contribution is 6.03. The van der Waals surface area contributed by atoms with Crippen molar-refractivity contribution >= 4 is 29.7 Å². The molecule has 0 aliphatic carbocycles. The number of ether oxygens (including phenoxy) is 3. The van der Waals surface area contributed by atoms with Crippen LogP contribution in [-0.2, 0) is 39.9 Å². The highest BCUT2D eigenvalue weighted by Crippen LogP contribution is 2.35. The Morgan fingerprint density at radius 3 is 1.89 bits per heavy atom. The molecule has 1 saturated heterocycles. The monoisotopic (exact) mass is 620 g/mol. The average Bonchev–Trinajstić information content (AvgIpc) is 3.45. The van der Waals surface area contributed by atoms with E-state index in [2.05, 4.69) is 0 Å². The Kier molecular flexibility index (Phi) is 10.2. The molecule has 0 spiro atoms. The third-order valence-electron chi connectivity index (χ3n) is 7.48. The lowest BCUT2D eigenvalue weighted by Crippen LogP contribution is -2.53. The number of rotatable bonds is 14. The van der Waals surface area contributed by atoms with Crippen LogP contribution in [0.4, 0.5) is 0 Å². The number of carboxylic acid groups (broad SMARTS) is 3. The molecule has 13 nitrogen and oxygen atoms in total. The predicted octanol–water partition coefficient (Wildman–Crippen LogP) is 2.63. The molecule has 236 valence electrons. The Balaban J connectivity index is 1.68. The van der Waals surface area contributed by atoms with Crippen LogP contribution in [0, 0.1) is 0 Å². The van der Waals surface area contributed by atoms with Crippen LogP contribution in [-0.4, -0.2) is 80.5 Å². The Labute approximate surface area is 257 Å². The molecular formula is C32H32N2O11. The van der Waals surface area contributed by atoms with Gasteiger partial charge in [-0.2, -0.15) is 0 Å². The molecule has 4 atom stereocenters. The fourth-order valence-electron chi connectivity index (χ4n) is 5.20. The zero-order valence-electron chi connectivity index (χ0n) is 24.1. The normalized spacial score (nSPS) is 18.3. The molecule has 2 amide bonds. The molecule has 0 saturated carbocycles. The van der Waals surface area contributed by atoms with Crippen LogP contribution < -0.4 is 10.5 Å². The fraction of sp³-hybridized carbons (Fsp3) is 0.281. The van der Waals surface area contributed by atoms with Crippen LogP contribution in [0.2, 0.25) is 0 Å². The maximum atomic E-state index is 13.9. The molecule has 4 unspecified atom stereocenters. The number of aryl methyl sites for hydroxylation is 1. The molecular weight excluding hydrogens is 588 g/mol. The summed E-state index contributed by atoms with van der Waals surface area (Å²) in [4.78, 5) is 62.6. The number of carbonyl (C=O) groups is 5. The van der Waals surface area contributed by atoms with E-state index in [-0.39, 0.29) is 0 Å².